The van der Waals surface area contributed by atoms with Crippen molar-refractivity contribution in [3.63, 3.8) is 0 Å². The van der Waals surface area contributed by atoms with Gasteiger partial charge in [-0.3, -0.25) is 9.78 Å². The summed E-state index contributed by atoms with van der Waals surface area (Å²) in [5.41, 5.74) is 7.48. The highest BCUT2D eigenvalue weighted by atomic mass is 35.5. The van der Waals surface area contributed by atoms with Gasteiger partial charge in [-0.1, -0.05) is 17.7 Å². The molecule has 98 valence electrons. The van der Waals surface area contributed by atoms with Gasteiger partial charge in [-0.2, -0.15) is 0 Å². The van der Waals surface area contributed by atoms with E-state index in [0.717, 1.165) is 11.3 Å². The Morgan fingerprint density at radius 2 is 2.16 bits per heavy atom. The average molecular weight is 277 g/mol. The molecule has 0 aromatic carbocycles. The normalized spacial score (nSPS) is 10.2. The number of nitrogens with two attached hydrogens (primary N) is 1. The number of anilines is 1. The molecule has 0 aliphatic heterocycles. The molecule has 2 aromatic rings. The number of carbonyl (C=O) groups is 1. The van der Waals surface area contributed by atoms with Crippen molar-refractivity contribution in [1.29, 1.82) is 0 Å². The van der Waals surface area contributed by atoms with Crippen LogP contribution in [0.1, 0.15) is 21.7 Å². The van der Waals surface area contributed by atoms with E-state index in [-0.39, 0.29) is 22.4 Å². The summed E-state index contributed by atoms with van der Waals surface area (Å²) in [6, 6.07) is 6.87. The second-order valence-corrected chi connectivity index (χ2v) is 4.46. The average Bonchev–Trinajstić information content (AvgIpc) is 2.40. The van der Waals surface area contributed by atoms with Gasteiger partial charge in [0.1, 0.15) is 11.5 Å². The van der Waals surface area contributed by atoms with Crippen LogP contribution in [0.2, 0.25) is 5.02 Å². The highest BCUT2D eigenvalue weighted by Crippen LogP contribution is 2.15. The fourth-order valence-electron chi connectivity index (χ4n) is 1.49. The van der Waals surface area contributed by atoms with Gasteiger partial charge in [-0.05, 0) is 30.7 Å². The summed E-state index contributed by atoms with van der Waals surface area (Å²) in [5, 5.41) is 2.99. The molecule has 1 amide bonds. The molecule has 0 aliphatic rings. The van der Waals surface area contributed by atoms with E-state index in [9.17, 15) is 4.79 Å². The van der Waals surface area contributed by atoms with E-state index >= 15 is 0 Å². The molecule has 0 atom stereocenters. The number of aromatic nitrogens is 2. The first-order chi connectivity index (χ1) is 9.06. The third-order valence-electron chi connectivity index (χ3n) is 2.51. The first-order valence-electron chi connectivity index (χ1n) is 5.68. The van der Waals surface area contributed by atoms with Crippen LogP contribution < -0.4 is 11.1 Å². The van der Waals surface area contributed by atoms with Gasteiger partial charge >= 0.3 is 0 Å². The van der Waals surface area contributed by atoms with Crippen LogP contribution in [-0.4, -0.2) is 15.9 Å². The largest absolute Gasteiger partial charge is 0.384 e. The Labute approximate surface area is 115 Å². The molecule has 0 saturated heterocycles. The molecular formula is C13H13ClN4O. The molecule has 5 nitrogen and oxygen atoms in total. The quantitative estimate of drug-likeness (QED) is 0.898. The first-order valence-corrected chi connectivity index (χ1v) is 6.06. The smallest absolute Gasteiger partial charge is 0.271 e. The van der Waals surface area contributed by atoms with Gasteiger partial charge in [-0.15, -0.1) is 0 Å². The van der Waals surface area contributed by atoms with E-state index in [2.05, 4.69) is 15.3 Å². The number of halogens is 1. The lowest BCUT2D eigenvalue weighted by atomic mass is 10.2. The van der Waals surface area contributed by atoms with Crippen molar-refractivity contribution in [2.24, 2.45) is 0 Å². The van der Waals surface area contributed by atoms with Gasteiger partial charge in [0.25, 0.3) is 5.91 Å². The summed E-state index contributed by atoms with van der Waals surface area (Å²) in [5.74, 6) is -0.107. The van der Waals surface area contributed by atoms with Gasteiger partial charge in [0.2, 0.25) is 0 Å². The molecule has 0 bridgehead atoms. The van der Waals surface area contributed by atoms with Crippen molar-refractivity contribution < 1.29 is 4.79 Å². The van der Waals surface area contributed by atoms with Gasteiger partial charge in [-0.25, -0.2) is 4.98 Å². The van der Waals surface area contributed by atoms with Gasteiger partial charge in [0.05, 0.1) is 5.02 Å². The summed E-state index contributed by atoms with van der Waals surface area (Å²) in [7, 11) is 0. The molecule has 0 radical (unpaired) electrons. The Hall–Kier alpha value is -2.14. The van der Waals surface area contributed by atoms with Gasteiger partial charge in [0.15, 0.2) is 0 Å². The van der Waals surface area contributed by atoms with E-state index in [0.29, 0.717) is 6.54 Å². The molecule has 2 heterocycles. The molecule has 0 aliphatic carbocycles. The van der Waals surface area contributed by atoms with Crippen LogP contribution >= 0.6 is 11.6 Å². The summed E-state index contributed by atoms with van der Waals surface area (Å²) >= 11 is 5.90. The van der Waals surface area contributed by atoms with Crippen LogP contribution in [0.25, 0.3) is 0 Å². The van der Waals surface area contributed by atoms with Crippen LogP contribution in [0.5, 0.6) is 0 Å². The molecule has 6 heteroatoms. The zero-order valence-corrected chi connectivity index (χ0v) is 11.1. The second-order valence-electron chi connectivity index (χ2n) is 4.06. The van der Waals surface area contributed by atoms with Crippen molar-refractivity contribution in [3.05, 3.63) is 52.4 Å². The van der Waals surface area contributed by atoms with E-state index in [1.807, 2.05) is 19.1 Å². The van der Waals surface area contributed by atoms with Gasteiger partial charge in [0, 0.05) is 18.4 Å². The van der Waals surface area contributed by atoms with Crippen molar-refractivity contribution in [2.45, 2.75) is 13.5 Å². The number of amides is 1. The lowest BCUT2D eigenvalue weighted by Crippen LogP contribution is -2.24. The fraction of sp³-hybridized carbons (Fsp3) is 0.154. The molecular weight excluding hydrogens is 264 g/mol. The zero-order valence-electron chi connectivity index (χ0n) is 10.4. The number of hydrogen-bond acceptors (Lipinski definition) is 4. The zero-order chi connectivity index (χ0) is 13.8. The standard InChI is InChI=1S/C13H13ClN4O/c1-8-2-3-9(6-16-8)7-17-13(19)12-10(14)4-5-11(15)18-12/h2-6H,7H2,1H3,(H2,15,18)(H,17,19). The summed E-state index contributed by atoms with van der Waals surface area (Å²) in [6.07, 6.45) is 1.71. The van der Waals surface area contributed by atoms with Crippen molar-refractivity contribution >= 4 is 23.3 Å². The summed E-state index contributed by atoms with van der Waals surface area (Å²) < 4.78 is 0. The molecule has 19 heavy (non-hydrogen) atoms. The Morgan fingerprint density at radius 3 is 2.84 bits per heavy atom. The van der Waals surface area contributed by atoms with Gasteiger partial charge < -0.3 is 11.1 Å². The Bertz CT molecular complexity index is 598. The minimum atomic E-state index is -0.363. The molecule has 2 rings (SSSR count). The topological polar surface area (TPSA) is 80.9 Å². The Balaban J connectivity index is 2.05. The number of rotatable bonds is 3. The highest BCUT2D eigenvalue weighted by molar-refractivity contribution is 6.33. The van der Waals surface area contributed by atoms with E-state index < -0.39 is 0 Å². The summed E-state index contributed by atoms with van der Waals surface area (Å²) in [4.78, 5) is 20.0. The maximum absolute atomic E-state index is 11.9. The van der Waals surface area contributed by atoms with Crippen molar-refractivity contribution in [2.75, 3.05) is 5.73 Å². The van der Waals surface area contributed by atoms with Crippen LogP contribution in [0, 0.1) is 6.92 Å². The minimum absolute atomic E-state index is 0.127. The predicted molar refractivity (Wildman–Crippen MR) is 73.8 cm³/mol. The predicted octanol–water partition coefficient (Wildman–Crippen LogP) is 1.95. The van der Waals surface area contributed by atoms with Crippen LogP contribution in [0.4, 0.5) is 5.82 Å². The summed E-state index contributed by atoms with van der Waals surface area (Å²) in [6.45, 7) is 2.26. The molecule has 3 N–H and O–H groups in total. The third kappa shape index (κ3) is 3.42. The maximum atomic E-state index is 11.9. The monoisotopic (exact) mass is 276 g/mol. The maximum Gasteiger partial charge on any atom is 0.271 e. The van der Waals surface area contributed by atoms with E-state index in [4.69, 9.17) is 17.3 Å². The molecule has 0 spiro atoms. The Kier molecular flexibility index (Phi) is 3.97. The Morgan fingerprint density at radius 1 is 1.37 bits per heavy atom. The van der Waals surface area contributed by atoms with Crippen LogP contribution in [-0.2, 0) is 6.54 Å². The minimum Gasteiger partial charge on any atom is -0.384 e. The number of nitrogen functional groups attached to an aromatic ring is 1. The second kappa shape index (κ2) is 5.67. The number of nitrogens with zero attached hydrogens (tertiary/aromatic N) is 2. The van der Waals surface area contributed by atoms with Crippen LogP contribution in [0.3, 0.4) is 0 Å². The first kappa shape index (κ1) is 13.3. The number of carbonyl (C=O) groups excluding carboxylic acids is 1. The van der Waals surface area contributed by atoms with Crippen molar-refractivity contribution in [3.8, 4) is 0 Å². The lowest BCUT2D eigenvalue weighted by molar-refractivity contribution is 0.0946. The molecule has 2 aromatic heterocycles. The number of hydrogen-bond donors (Lipinski definition) is 2. The number of aryl methyl sites for hydroxylation is 1. The third-order valence-corrected chi connectivity index (χ3v) is 2.81. The SMILES string of the molecule is Cc1ccc(CNC(=O)c2nc(N)ccc2Cl)cn1. The number of nitrogens with one attached hydrogen (secondary N) is 1. The molecule has 0 fully saturated rings. The van der Waals surface area contributed by atoms with E-state index in [1.54, 1.807) is 18.3 Å². The highest BCUT2D eigenvalue weighted by Gasteiger charge is 2.12. The van der Waals surface area contributed by atoms with Crippen LogP contribution in [0.15, 0.2) is 30.5 Å². The van der Waals surface area contributed by atoms with E-state index in [1.165, 1.54) is 0 Å². The van der Waals surface area contributed by atoms with Crippen molar-refractivity contribution in [1.82, 2.24) is 15.3 Å². The number of pyridine rings is 2. The fourth-order valence-corrected chi connectivity index (χ4v) is 1.68. The molecule has 0 saturated carbocycles. The molecule has 0 unspecified atom stereocenters. The lowest BCUT2D eigenvalue weighted by Gasteiger charge is -2.06.